The summed E-state index contributed by atoms with van der Waals surface area (Å²) in [7, 11) is 0. The average molecular weight is 409 g/mol. The third kappa shape index (κ3) is 5.39. The fourth-order valence-corrected chi connectivity index (χ4v) is 1.36. The Morgan fingerprint density at radius 3 is 2.38 bits per heavy atom. The zero-order valence-corrected chi connectivity index (χ0v) is 12.5. The van der Waals surface area contributed by atoms with E-state index >= 15 is 0 Å². The minimum absolute atomic E-state index is 0.342. The Balaban J connectivity index is 0.000000424. The molecule has 0 aromatic heterocycles. The predicted molar refractivity (Wildman–Crippen MR) is 73.6 cm³/mol. The van der Waals surface area contributed by atoms with Crippen LogP contribution in [0.5, 0.6) is 0 Å². The molecule has 78 valence electrons. The first-order chi connectivity index (χ1) is 6.17. The summed E-state index contributed by atoms with van der Waals surface area (Å²) in [6, 6.07) is 0.454. The van der Waals surface area contributed by atoms with Gasteiger partial charge in [-0.15, -0.1) is 0 Å². The molecular formula is C9H17I2NO. The lowest BCUT2D eigenvalue weighted by Crippen LogP contribution is -2.33. The predicted octanol–water partition coefficient (Wildman–Crippen LogP) is 3.22. The maximum absolute atomic E-state index is 11.1. The summed E-state index contributed by atoms with van der Waals surface area (Å²) < 4.78 is 1.19. The first kappa shape index (κ1) is 13.9. The second-order valence-corrected chi connectivity index (χ2v) is 7.49. The molecular weight excluding hydrogens is 392 g/mol. The van der Waals surface area contributed by atoms with Crippen LogP contribution in [0.4, 0.5) is 0 Å². The van der Waals surface area contributed by atoms with E-state index in [0.29, 0.717) is 11.9 Å². The van der Waals surface area contributed by atoms with Gasteiger partial charge in [0.2, 0.25) is 5.91 Å². The molecule has 0 saturated carbocycles. The number of amides is 1. The lowest BCUT2D eigenvalue weighted by molar-refractivity contribution is -0.129. The van der Waals surface area contributed by atoms with Crippen LogP contribution in [0.2, 0.25) is 0 Å². The molecule has 1 rings (SSSR count). The van der Waals surface area contributed by atoms with Crippen LogP contribution in [0.3, 0.4) is 0 Å². The highest BCUT2D eigenvalue weighted by atomic mass is 127. The molecule has 0 bridgehead atoms. The van der Waals surface area contributed by atoms with Crippen molar-refractivity contribution in [1.82, 2.24) is 4.90 Å². The lowest BCUT2D eigenvalue weighted by Gasteiger charge is -2.22. The number of hydrogen-bond acceptors (Lipinski definition) is 1. The Hall–Kier alpha value is 0.930. The van der Waals surface area contributed by atoms with Gasteiger partial charge >= 0.3 is 0 Å². The number of nitrogens with zero attached hydrogens (tertiary/aromatic N) is 1. The molecule has 0 N–H and O–H groups in total. The van der Waals surface area contributed by atoms with Gasteiger partial charge in [-0.25, -0.2) is 0 Å². The van der Waals surface area contributed by atoms with Gasteiger partial charge < -0.3 is 4.90 Å². The number of halogens is 2. The molecule has 0 aliphatic carbocycles. The van der Waals surface area contributed by atoms with Crippen molar-refractivity contribution in [3.63, 3.8) is 0 Å². The third-order valence-corrected chi connectivity index (χ3v) is 2.23. The van der Waals surface area contributed by atoms with Crippen molar-refractivity contribution in [3.8, 4) is 0 Å². The molecule has 1 fully saturated rings. The first-order valence-corrected chi connectivity index (χ1v) is 7.63. The highest BCUT2D eigenvalue weighted by Gasteiger charge is 2.23. The molecule has 1 amide bonds. The second kappa shape index (κ2) is 8.26. The van der Waals surface area contributed by atoms with Gasteiger partial charge in [0.1, 0.15) is 0 Å². The molecule has 1 heterocycles. The Morgan fingerprint density at radius 2 is 2.08 bits per heavy atom. The summed E-state index contributed by atoms with van der Waals surface area (Å²) >= 11 is 4.55. The number of carbonyl (C=O) groups is 1. The summed E-state index contributed by atoms with van der Waals surface area (Å²) in [5.41, 5.74) is 0. The van der Waals surface area contributed by atoms with Crippen molar-refractivity contribution in [3.05, 3.63) is 0 Å². The van der Waals surface area contributed by atoms with Crippen LogP contribution in [0.15, 0.2) is 0 Å². The summed E-state index contributed by atoms with van der Waals surface area (Å²) in [4.78, 5) is 13.1. The van der Waals surface area contributed by atoms with Gasteiger partial charge in [-0.3, -0.25) is 4.79 Å². The molecule has 2 nitrogen and oxygen atoms in total. The van der Waals surface area contributed by atoms with E-state index in [1.54, 1.807) is 0 Å². The van der Waals surface area contributed by atoms with Crippen molar-refractivity contribution < 1.29 is 4.79 Å². The van der Waals surface area contributed by atoms with Gasteiger partial charge in [0.15, 0.2) is 0 Å². The smallest absolute Gasteiger partial charge is 0.222 e. The molecule has 1 aliphatic heterocycles. The van der Waals surface area contributed by atoms with E-state index in [9.17, 15) is 4.79 Å². The highest BCUT2D eigenvalue weighted by Crippen LogP contribution is 2.14. The number of carbonyl (C=O) groups excluding carboxylic acids is 1. The van der Waals surface area contributed by atoms with Crippen LogP contribution in [0, 0.1) is 0 Å². The van der Waals surface area contributed by atoms with Gasteiger partial charge in [-0.05, 0) is 19.8 Å². The topological polar surface area (TPSA) is 20.3 Å². The van der Waals surface area contributed by atoms with Gasteiger partial charge in [-0.1, -0.05) is 52.1 Å². The van der Waals surface area contributed by atoms with Crippen molar-refractivity contribution in [2.45, 2.75) is 39.2 Å². The number of alkyl halides is 2. The van der Waals surface area contributed by atoms with Crippen LogP contribution in [-0.2, 0) is 4.79 Å². The quantitative estimate of drug-likeness (QED) is 0.507. The maximum Gasteiger partial charge on any atom is 0.222 e. The fraction of sp³-hybridized carbons (Fsp3) is 0.889. The minimum Gasteiger partial charge on any atom is -0.340 e. The minimum atomic E-state index is 0.342. The Bertz CT molecular complexity index is 153. The van der Waals surface area contributed by atoms with E-state index in [4.69, 9.17) is 0 Å². The van der Waals surface area contributed by atoms with Gasteiger partial charge in [0.05, 0.1) is 2.43 Å². The Labute approximate surface area is 108 Å². The first-order valence-electron chi connectivity index (χ1n) is 4.58. The fourth-order valence-electron chi connectivity index (χ4n) is 1.36. The van der Waals surface area contributed by atoms with Crippen LogP contribution in [-0.4, -0.2) is 25.8 Å². The van der Waals surface area contributed by atoms with Crippen molar-refractivity contribution in [1.29, 1.82) is 0 Å². The molecule has 0 aromatic carbocycles. The second-order valence-electron chi connectivity index (χ2n) is 3.05. The molecule has 0 aromatic rings. The van der Waals surface area contributed by atoms with Crippen molar-refractivity contribution in [2.75, 3.05) is 8.98 Å². The normalized spacial score (nSPS) is 18.2. The Kier molecular flexibility index (Phi) is 8.85. The van der Waals surface area contributed by atoms with Crippen LogP contribution >= 0.6 is 45.2 Å². The molecule has 1 unspecified atom stereocenters. The third-order valence-electron chi connectivity index (χ3n) is 2.23. The summed E-state index contributed by atoms with van der Waals surface area (Å²) in [5.74, 6) is 0.342. The molecule has 13 heavy (non-hydrogen) atoms. The van der Waals surface area contributed by atoms with Crippen LogP contribution < -0.4 is 0 Å². The van der Waals surface area contributed by atoms with Gasteiger partial charge in [0, 0.05) is 19.0 Å². The van der Waals surface area contributed by atoms with E-state index in [0.717, 1.165) is 25.8 Å². The summed E-state index contributed by atoms with van der Waals surface area (Å²) in [6.45, 7) is 5.22. The van der Waals surface area contributed by atoms with Crippen LogP contribution in [0.1, 0.15) is 33.1 Å². The van der Waals surface area contributed by atoms with E-state index in [1.165, 1.54) is 2.43 Å². The number of hydrogen-bond donors (Lipinski definition) is 0. The molecule has 0 radical (unpaired) electrons. The molecule has 1 aliphatic rings. The summed E-state index contributed by atoms with van der Waals surface area (Å²) in [6.07, 6.45) is 2.90. The van der Waals surface area contributed by atoms with Gasteiger partial charge in [-0.2, -0.15) is 0 Å². The lowest BCUT2D eigenvalue weighted by atomic mass is 10.2. The number of rotatable bonds is 2. The highest BCUT2D eigenvalue weighted by molar-refractivity contribution is 14.2. The van der Waals surface area contributed by atoms with E-state index in [2.05, 4.69) is 59.0 Å². The molecule has 0 spiro atoms. The van der Waals surface area contributed by atoms with E-state index < -0.39 is 0 Å². The molecule has 1 saturated heterocycles. The average Bonchev–Trinajstić information content (AvgIpc) is 2.52. The maximum atomic E-state index is 11.1. The largest absolute Gasteiger partial charge is 0.340 e. The Morgan fingerprint density at radius 1 is 1.54 bits per heavy atom. The van der Waals surface area contributed by atoms with E-state index in [1.807, 2.05) is 4.90 Å². The zero-order valence-electron chi connectivity index (χ0n) is 8.22. The van der Waals surface area contributed by atoms with Crippen molar-refractivity contribution >= 4 is 51.1 Å². The number of likely N-dealkylation sites (tertiary alicyclic amines) is 1. The van der Waals surface area contributed by atoms with Gasteiger partial charge in [0.25, 0.3) is 0 Å². The monoisotopic (exact) mass is 409 g/mol. The SMILES string of the molecule is CCC(C)N1CCCC1=O.ICI. The van der Waals surface area contributed by atoms with Crippen molar-refractivity contribution in [2.24, 2.45) is 0 Å². The molecule has 4 heteroatoms. The molecule has 1 atom stereocenters. The zero-order chi connectivity index (χ0) is 10.3. The van der Waals surface area contributed by atoms with Crippen LogP contribution in [0.25, 0.3) is 0 Å². The standard InChI is InChI=1S/C8H15NO.CH2I2/c1-3-7(2)9-6-4-5-8(9)10;2-1-3/h7H,3-6H2,1-2H3;1H2. The van der Waals surface area contributed by atoms with E-state index in [-0.39, 0.29) is 0 Å². The summed E-state index contributed by atoms with van der Waals surface area (Å²) in [5, 5.41) is 0.